The molecular weight excluding hydrogens is 253 g/mol. The molecule has 1 heterocycles. The van der Waals surface area contributed by atoms with E-state index in [1.165, 1.54) is 0 Å². The summed E-state index contributed by atoms with van der Waals surface area (Å²) in [5, 5.41) is 3.41. The third-order valence-corrected chi connectivity index (χ3v) is 4.42. The molecule has 3 heteroatoms. The molecule has 1 N–H and O–H groups in total. The Morgan fingerprint density at radius 1 is 1.30 bits per heavy atom. The molecule has 0 bridgehead atoms. The first kappa shape index (κ1) is 15.5. The molecule has 0 amide bonds. The average molecular weight is 279 g/mol. The van der Waals surface area contributed by atoms with Gasteiger partial charge in [0.05, 0.1) is 11.2 Å². The van der Waals surface area contributed by atoms with Crippen LogP contribution in [-0.4, -0.2) is 18.2 Å². The lowest BCUT2D eigenvalue weighted by molar-refractivity contribution is -0.0776. The SMILES string of the molecule is CNC(c1ccc(F)cc1C)C1CC(C)(C)OC1(C)C. The highest BCUT2D eigenvalue weighted by Crippen LogP contribution is 2.47. The summed E-state index contributed by atoms with van der Waals surface area (Å²) < 4.78 is 19.5. The Morgan fingerprint density at radius 3 is 2.40 bits per heavy atom. The van der Waals surface area contributed by atoms with Crippen molar-refractivity contribution >= 4 is 0 Å². The Kier molecular flexibility index (Phi) is 3.96. The number of hydrogen-bond acceptors (Lipinski definition) is 2. The smallest absolute Gasteiger partial charge is 0.123 e. The first-order valence-corrected chi connectivity index (χ1v) is 7.30. The fraction of sp³-hybridized carbons (Fsp3) is 0.647. The van der Waals surface area contributed by atoms with E-state index in [9.17, 15) is 4.39 Å². The number of halogens is 1. The lowest BCUT2D eigenvalue weighted by Crippen LogP contribution is -2.37. The van der Waals surface area contributed by atoms with E-state index in [1.54, 1.807) is 12.1 Å². The van der Waals surface area contributed by atoms with Gasteiger partial charge in [-0.1, -0.05) is 6.07 Å². The maximum Gasteiger partial charge on any atom is 0.123 e. The van der Waals surface area contributed by atoms with Gasteiger partial charge in [-0.15, -0.1) is 0 Å². The predicted molar refractivity (Wildman–Crippen MR) is 80.3 cm³/mol. The van der Waals surface area contributed by atoms with Crippen LogP contribution < -0.4 is 5.32 Å². The zero-order valence-corrected chi connectivity index (χ0v) is 13.4. The summed E-state index contributed by atoms with van der Waals surface area (Å²) in [6.07, 6.45) is 0.988. The zero-order chi connectivity index (χ0) is 15.1. The van der Waals surface area contributed by atoms with Crippen molar-refractivity contribution in [1.82, 2.24) is 5.32 Å². The number of rotatable bonds is 3. The molecule has 1 aromatic carbocycles. The van der Waals surface area contributed by atoms with Crippen LogP contribution in [0.3, 0.4) is 0 Å². The minimum absolute atomic E-state index is 0.114. The molecule has 0 aliphatic carbocycles. The van der Waals surface area contributed by atoms with Crippen LogP contribution in [0.15, 0.2) is 18.2 Å². The average Bonchev–Trinajstić information content (AvgIpc) is 2.51. The minimum atomic E-state index is -0.196. The van der Waals surface area contributed by atoms with Crippen LogP contribution in [0.25, 0.3) is 0 Å². The lowest BCUT2D eigenvalue weighted by Gasteiger charge is -2.33. The minimum Gasteiger partial charge on any atom is -0.369 e. The molecule has 20 heavy (non-hydrogen) atoms. The van der Waals surface area contributed by atoms with Crippen molar-refractivity contribution in [3.05, 3.63) is 35.1 Å². The fourth-order valence-electron chi connectivity index (χ4n) is 3.69. The van der Waals surface area contributed by atoms with E-state index in [0.717, 1.165) is 17.5 Å². The third-order valence-electron chi connectivity index (χ3n) is 4.42. The molecule has 0 aromatic heterocycles. The molecule has 0 saturated carbocycles. The van der Waals surface area contributed by atoms with Crippen LogP contribution in [0.1, 0.15) is 51.3 Å². The number of aryl methyl sites for hydroxylation is 1. The number of ether oxygens (including phenoxy) is 1. The summed E-state index contributed by atoms with van der Waals surface area (Å²) in [5.41, 5.74) is 1.84. The highest BCUT2D eigenvalue weighted by Gasteiger charge is 2.49. The van der Waals surface area contributed by atoms with E-state index in [1.807, 2.05) is 20.0 Å². The van der Waals surface area contributed by atoms with Crippen molar-refractivity contribution in [2.24, 2.45) is 5.92 Å². The molecule has 1 aromatic rings. The van der Waals surface area contributed by atoms with E-state index in [2.05, 4.69) is 33.0 Å². The highest BCUT2D eigenvalue weighted by atomic mass is 19.1. The molecule has 1 fully saturated rings. The Labute approximate surface area is 121 Å². The van der Waals surface area contributed by atoms with Crippen LogP contribution in [0.4, 0.5) is 4.39 Å². The Hall–Kier alpha value is -0.930. The molecule has 2 nitrogen and oxygen atoms in total. The van der Waals surface area contributed by atoms with E-state index in [-0.39, 0.29) is 23.1 Å². The summed E-state index contributed by atoms with van der Waals surface area (Å²) in [5.74, 6) is 0.176. The van der Waals surface area contributed by atoms with E-state index in [4.69, 9.17) is 4.74 Å². The van der Waals surface area contributed by atoms with Crippen molar-refractivity contribution in [2.75, 3.05) is 7.05 Å². The van der Waals surface area contributed by atoms with Crippen LogP contribution in [-0.2, 0) is 4.74 Å². The van der Waals surface area contributed by atoms with E-state index in [0.29, 0.717) is 5.92 Å². The van der Waals surface area contributed by atoms with Crippen molar-refractivity contribution in [3.63, 3.8) is 0 Å². The van der Waals surface area contributed by atoms with E-state index >= 15 is 0 Å². The van der Waals surface area contributed by atoms with Gasteiger partial charge >= 0.3 is 0 Å². The van der Waals surface area contributed by atoms with Crippen LogP contribution in [0, 0.1) is 18.7 Å². The van der Waals surface area contributed by atoms with Gasteiger partial charge in [0.2, 0.25) is 0 Å². The van der Waals surface area contributed by atoms with Gasteiger partial charge in [0.15, 0.2) is 0 Å². The molecule has 1 aliphatic rings. The van der Waals surface area contributed by atoms with Gasteiger partial charge in [-0.2, -0.15) is 0 Å². The standard InChI is InChI=1S/C17H26FNO/c1-11-9-12(18)7-8-13(11)15(19-6)14-10-16(2,3)20-17(14,4)5/h7-9,14-15,19H,10H2,1-6H3. The number of benzene rings is 1. The molecule has 0 spiro atoms. The van der Waals surface area contributed by atoms with Crippen molar-refractivity contribution in [2.45, 2.75) is 58.3 Å². The normalized spacial score (nSPS) is 25.6. The van der Waals surface area contributed by atoms with Gasteiger partial charge < -0.3 is 10.1 Å². The predicted octanol–water partition coefficient (Wildman–Crippen LogP) is 3.99. The summed E-state index contributed by atoms with van der Waals surface area (Å²) in [4.78, 5) is 0. The quantitative estimate of drug-likeness (QED) is 0.903. The van der Waals surface area contributed by atoms with Gasteiger partial charge in [-0.3, -0.25) is 0 Å². The lowest BCUT2D eigenvalue weighted by atomic mass is 9.78. The molecule has 1 aliphatic heterocycles. The topological polar surface area (TPSA) is 21.3 Å². The van der Waals surface area contributed by atoms with Crippen LogP contribution in [0.2, 0.25) is 0 Å². The second-order valence-corrected chi connectivity index (χ2v) is 7.04. The first-order chi connectivity index (χ1) is 9.16. The monoisotopic (exact) mass is 279 g/mol. The molecule has 2 rings (SSSR count). The van der Waals surface area contributed by atoms with Gasteiger partial charge in [-0.05, 0) is 71.3 Å². The molecule has 2 unspecified atom stereocenters. The molecular formula is C17H26FNO. The Bertz CT molecular complexity index is 496. The molecule has 1 saturated heterocycles. The summed E-state index contributed by atoms with van der Waals surface area (Å²) in [6.45, 7) is 10.5. The largest absolute Gasteiger partial charge is 0.369 e. The van der Waals surface area contributed by atoms with Crippen molar-refractivity contribution in [1.29, 1.82) is 0 Å². The van der Waals surface area contributed by atoms with Crippen molar-refractivity contribution < 1.29 is 9.13 Å². The highest BCUT2D eigenvalue weighted by molar-refractivity contribution is 5.31. The first-order valence-electron chi connectivity index (χ1n) is 7.30. The van der Waals surface area contributed by atoms with E-state index < -0.39 is 0 Å². The van der Waals surface area contributed by atoms with Crippen LogP contribution >= 0.6 is 0 Å². The van der Waals surface area contributed by atoms with Crippen LogP contribution in [0.5, 0.6) is 0 Å². The van der Waals surface area contributed by atoms with Gasteiger partial charge in [-0.25, -0.2) is 4.39 Å². The van der Waals surface area contributed by atoms with Gasteiger partial charge in [0.25, 0.3) is 0 Å². The Balaban J connectivity index is 2.37. The third kappa shape index (κ3) is 2.89. The maximum absolute atomic E-state index is 13.3. The zero-order valence-electron chi connectivity index (χ0n) is 13.4. The van der Waals surface area contributed by atoms with Crippen molar-refractivity contribution in [3.8, 4) is 0 Å². The summed E-state index contributed by atoms with van der Waals surface area (Å²) >= 11 is 0. The number of hydrogen-bond donors (Lipinski definition) is 1. The molecule has 112 valence electrons. The molecule has 2 atom stereocenters. The fourth-order valence-corrected chi connectivity index (χ4v) is 3.69. The van der Waals surface area contributed by atoms with Gasteiger partial charge in [0, 0.05) is 12.0 Å². The maximum atomic E-state index is 13.3. The van der Waals surface area contributed by atoms with Gasteiger partial charge in [0.1, 0.15) is 5.82 Å². The second-order valence-electron chi connectivity index (χ2n) is 7.04. The summed E-state index contributed by atoms with van der Waals surface area (Å²) in [7, 11) is 1.97. The summed E-state index contributed by atoms with van der Waals surface area (Å²) in [6, 6.07) is 5.22. The molecule has 0 radical (unpaired) electrons. The second kappa shape index (κ2) is 5.12. The Morgan fingerprint density at radius 2 is 1.95 bits per heavy atom. The number of nitrogens with one attached hydrogen (secondary N) is 1.